The number of benzene rings is 2. The van der Waals surface area contributed by atoms with E-state index in [9.17, 15) is 8.42 Å². The summed E-state index contributed by atoms with van der Waals surface area (Å²) in [4.78, 5) is 2.65. The molecule has 146 valence electrons. The van der Waals surface area contributed by atoms with Crippen molar-refractivity contribution in [1.29, 1.82) is 0 Å². The van der Waals surface area contributed by atoms with Crippen LogP contribution in [0.4, 0.5) is 5.69 Å². The predicted molar refractivity (Wildman–Crippen MR) is 109 cm³/mol. The summed E-state index contributed by atoms with van der Waals surface area (Å²) in [5, 5.41) is 0. The van der Waals surface area contributed by atoms with Crippen LogP contribution in [-0.4, -0.2) is 46.0 Å². The molecule has 1 heterocycles. The number of sulfonamides is 1. The van der Waals surface area contributed by atoms with E-state index in [0.717, 1.165) is 33.7 Å². The second-order valence-electron chi connectivity index (χ2n) is 7.29. The van der Waals surface area contributed by atoms with Crippen molar-refractivity contribution < 1.29 is 13.2 Å². The van der Waals surface area contributed by atoms with Crippen molar-refractivity contribution in [1.82, 2.24) is 4.31 Å². The maximum Gasteiger partial charge on any atom is 0.243 e. The maximum absolute atomic E-state index is 13.2. The van der Waals surface area contributed by atoms with E-state index in [1.165, 1.54) is 0 Å². The lowest BCUT2D eigenvalue weighted by atomic mass is 10.1. The summed E-state index contributed by atoms with van der Waals surface area (Å²) >= 11 is 0. The number of piperazine rings is 1. The van der Waals surface area contributed by atoms with Gasteiger partial charge < -0.3 is 9.64 Å². The number of methoxy groups -OCH3 is 1. The number of anilines is 1. The summed E-state index contributed by atoms with van der Waals surface area (Å²) in [6.07, 6.45) is 0. The van der Waals surface area contributed by atoms with Crippen molar-refractivity contribution in [3.63, 3.8) is 0 Å². The van der Waals surface area contributed by atoms with Crippen molar-refractivity contribution in [2.45, 2.75) is 32.6 Å². The lowest BCUT2D eigenvalue weighted by Gasteiger charge is -2.36. The van der Waals surface area contributed by atoms with E-state index in [4.69, 9.17) is 4.74 Å². The fourth-order valence-electron chi connectivity index (χ4n) is 3.92. The summed E-state index contributed by atoms with van der Waals surface area (Å²) in [5.41, 5.74) is 4.90. The maximum atomic E-state index is 13.2. The van der Waals surface area contributed by atoms with Crippen molar-refractivity contribution in [2.75, 3.05) is 38.2 Å². The number of ether oxygens (including phenoxy) is 1. The highest BCUT2D eigenvalue weighted by molar-refractivity contribution is 7.89. The topological polar surface area (TPSA) is 49.9 Å². The second-order valence-corrected chi connectivity index (χ2v) is 9.17. The Hall–Kier alpha value is -2.05. The zero-order valence-electron chi connectivity index (χ0n) is 16.7. The van der Waals surface area contributed by atoms with Crippen molar-refractivity contribution in [3.05, 3.63) is 52.6 Å². The molecule has 0 N–H and O–H groups in total. The Kier molecular flexibility index (Phi) is 5.49. The number of nitrogens with zero attached hydrogens (tertiary/aromatic N) is 2. The molecule has 5 nitrogen and oxygen atoms in total. The van der Waals surface area contributed by atoms with Crippen LogP contribution in [0, 0.1) is 27.7 Å². The molecule has 3 rings (SSSR count). The van der Waals surface area contributed by atoms with Gasteiger partial charge in [0.25, 0.3) is 0 Å². The average molecular weight is 389 g/mol. The molecule has 1 fully saturated rings. The normalized spacial score (nSPS) is 15.8. The van der Waals surface area contributed by atoms with Gasteiger partial charge in [-0.15, -0.1) is 0 Å². The Labute approximate surface area is 162 Å². The van der Waals surface area contributed by atoms with Crippen molar-refractivity contribution in [3.8, 4) is 5.75 Å². The van der Waals surface area contributed by atoms with Crippen molar-refractivity contribution in [2.24, 2.45) is 0 Å². The van der Waals surface area contributed by atoms with E-state index in [1.807, 2.05) is 52.0 Å². The highest BCUT2D eigenvalue weighted by Gasteiger charge is 2.31. The summed E-state index contributed by atoms with van der Waals surface area (Å²) < 4.78 is 33.6. The highest BCUT2D eigenvalue weighted by atomic mass is 32.2. The third-order valence-corrected chi connectivity index (χ3v) is 7.32. The summed E-state index contributed by atoms with van der Waals surface area (Å²) in [5.74, 6) is 0.821. The van der Waals surface area contributed by atoms with E-state index in [-0.39, 0.29) is 0 Å². The first-order valence-electron chi connectivity index (χ1n) is 9.21. The molecule has 2 aromatic rings. The minimum Gasteiger partial charge on any atom is -0.495 e. The van der Waals surface area contributed by atoms with E-state index >= 15 is 0 Å². The number of hydrogen-bond donors (Lipinski definition) is 0. The molecular formula is C21H28N2O3S. The minimum absolute atomic E-state index is 0.453. The smallest absolute Gasteiger partial charge is 0.243 e. The van der Waals surface area contributed by atoms with Crippen LogP contribution >= 0.6 is 0 Å². The lowest BCUT2D eigenvalue weighted by molar-refractivity contribution is 0.378. The van der Waals surface area contributed by atoms with Crippen LogP contribution in [-0.2, 0) is 10.0 Å². The molecule has 0 aromatic heterocycles. The SMILES string of the molecule is COc1ccc(C)cc1N1CCN(S(=O)(=O)c2c(C)cc(C)cc2C)CC1. The van der Waals surface area contributed by atoms with E-state index < -0.39 is 10.0 Å². The van der Waals surface area contributed by atoms with Gasteiger partial charge in [0, 0.05) is 26.2 Å². The zero-order chi connectivity index (χ0) is 19.8. The first kappa shape index (κ1) is 19.7. The van der Waals surface area contributed by atoms with Gasteiger partial charge in [-0.1, -0.05) is 23.8 Å². The first-order valence-corrected chi connectivity index (χ1v) is 10.7. The highest BCUT2D eigenvalue weighted by Crippen LogP contribution is 2.31. The first-order chi connectivity index (χ1) is 12.7. The Morgan fingerprint density at radius 3 is 2.00 bits per heavy atom. The molecular weight excluding hydrogens is 360 g/mol. The van der Waals surface area contributed by atoms with Crippen LogP contribution < -0.4 is 9.64 Å². The molecule has 6 heteroatoms. The fourth-order valence-corrected chi connectivity index (χ4v) is 5.75. The van der Waals surface area contributed by atoms with Crippen LogP contribution in [0.2, 0.25) is 0 Å². The van der Waals surface area contributed by atoms with Crippen LogP contribution in [0.15, 0.2) is 35.2 Å². The fraction of sp³-hybridized carbons (Fsp3) is 0.429. The molecule has 0 spiro atoms. The number of hydrogen-bond acceptors (Lipinski definition) is 4. The molecule has 0 bridgehead atoms. The Balaban J connectivity index is 1.83. The zero-order valence-corrected chi connectivity index (χ0v) is 17.6. The Morgan fingerprint density at radius 2 is 1.44 bits per heavy atom. The molecule has 0 atom stereocenters. The standard InChI is InChI=1S/C21H28N2O3S/c1-15-6-7-20(26-5)19(14-15)22-8-10-23(11-9-22)27(24,25)21-17(3)12-16(2)13-18(21)4/h6-7,12-14H,8-11H2,1-5H3. The van der Waals surface area contributed by atoms with Crippen LogP contribution in [0.3, 0.4) is 0 Å². The van der Waals surface area contributed by atoms with Crippen LogP contribution in [0.25, 0.3) is 0 Å². The molecule has 0 aliphatic carbocycles. The molecule has 0 amide bonds. The number of aryl methyl sites for hydroxylation is 4. The predicted octanol–water partition coefficient (Wildman–Crippen LogP) is 3.44. The average Bonchev–Trinajstić information content (AvgIpc) is 2.60. The van der Waals surface area contributed by atoms with Gasteiger partial charge in [0.2, 0.25) is 10.0 Å². The largest absolute Gasteiger partial charge is 0.495 e. The lowest BCUT2D eigenvalue weighted by Crippen LogP contribution is -2.49. The molecule has 0 unspecified atom stereocenters. The third kappa shape index (κ3) is 3.82. The van der Waals surface area contributed by atoms with Crippen molar-refractivity contribution >= 4 is 15.7 Å². The molecule has 0 saturated carbocycles. The van der Waals surface area contributed by atoms with Gasteiger partial charge >= 0.3 is 0 Å². The van der Waals surface area contributed by atoms with Gasteiger partial charge in [-0.3, -0.25) is 0 Å². The summed E-state index contributed by atoms with van der Waals surface area (Å²) in [6.45, 7) is 10.0. The minimum atomic E-state index is -3.49. The second kappa shape index (κ2) is 7.52. The van der Waals surface area contributed by atoms with Crippen LogP contribution in [0.5, 0.6) is 5.75 Å². The van der Waals surface area contributed by atoms with Gasteiger partial charge in [-0.05, 0) is 56.5 Å². The van der Waals surface area contributed by atoms with Gasteiger partial charge in [0.1, 0.15) is 5.75 Å². The van der Waals surface area contributed by atoms with Gasteiger partial charge in [0.05, 0.1) is 17.7 Å². The van der Waals surface area contributed by atoms with Gasteiger partial charge in [-0.2, -0.15) is 4.31 Å². The Morgan fingerprint density at radius 1 is 0.852 bits per heavy atom. The molecule has 1 aliphatic rings. The molecule has 1 saturated heterocycles. The quantitative estimate of drug-likeness (QED) is 0.805. The third-order valence-electron chi connectivity index (χ3n) is 5.12. The molecule has 2 aromatic carbocycles. The van der Waals surface area contributed by atoms with E-state index in [0.29, 0.717) is 31.1 Å². The van der Waals surface area contributed by atoms with Gasteiger partial charge in [0.15, 0.2) is 0 Å². The molecule has 1 aliphatic heterocycles. The Bertz CT molecular complexity index is 923. The van der Waals surface area contributed by atoms with Gasteiger partial charge in [-0.25, -0.2) is 8.42 Å². The molecule has 27 heavy (non-hydrogen) atoms. The van der Waals surface area contributed by atoms with E-state index in [1.54, 1.807) is 11.4 Å². The number of rotatable bonds is 4. The summed E-state index contributed by atoms with van der Waals surface area (Å²) in [7, 11) is -1.83. The van der Waals surface area contributed by atoms with Crippen LogP contribution in [0.1, 0.15) is 22.3 Å². The molecule has 0 radical (unpaired) electrons. The van der Waals surface area contributed by atoms with E-state index in [2.05, 4.69) is 11.0 Å². The summed E-state index contributed by atoms with van der Waals surface area (Å²) in [6, 6.07) is 9.96. The monoisotopic (exact) mass is 388 g/mol.